The standard InChI is InChI=1S/C37H45NO3S/c1-9-10-13-25-14-17-31(33-23(2)28-21-26(42)15-16-27(28)34(33)39)38-32(25)22-41-18-11-12-24-19-29(36(3,4)5)35(40)30(20-24)37(6,7)8/h9-10,13-17,19-21,32-33,40,42H,2,11-12,18,22H2,1,3-8H3/b10-9-,25-13-. The van der Waals surface area contributed by atoms with Gasteiger partial charge in [0.1, 0.15) is 5.75 Å². The number of rotatable bonds is 8. The Morgan fingerprint density at radius 1 is 1.02 bits per heavy atom. The van der Waals surface area contributed by atoms with Crippen molar-refractivity contribution in [1.29, 1.82) is 0 Å². The molecule has 0 fully saturated rings. The summed E-state index contributed by atoms with van der Waals surface area (Å²) in [5, 5.41) is 11.0. The monoisotopic (exact) mass is 583 g/mol. The Hall–Kier alpha value is -3.15. The normalized spacial score (nSPS) is 20.1. The molecular weight excluding hydrogens is 538 g/mol. The van der Waals surface area contributed by atoms with E-state index in [1.165, 1.54) is 5.56 Å². The van der Waals surface area contributed by atoms with E-state index >= 15 is 0 Å². The van der Waals surface area contributed by atoms with E-state index in [0.717, 1.165) is 51.3 Å². The average molecular weight is 584 g/mol. The minimum Gasteiger partial charge on any atom is -0.507 e. The smallest absolute Gasteiger partial charge is 0.176 e. The number of ether oxygens (including phenoxy) is 1. The highest BCUT2D eigenvalue weighted by molar-refractivity contribution is 7.80. The van der Waals surface area contributed by atoms with E-state index < -0.39 is 5.92 Å². The van der Waals surface area contributed by atoms with Crippen LogP contribution in [0.1, 0.15) is 87.5 Å². The van der Waals surface area contributed by atoms with Crippen LogP contribution in [0.25, 0.3) is 5.57 Å². The first-order valence-corrected chi connectivity index (χ1v) is 15.3. The van der Waals surface area contributed by atoms with Gasteiger partial charge < -0.3 is 9.84 Å². The first-order valence-electron chi connectivity index (χ1n) is 14.8. The number of phenolic OH excluding ortho intramolecular Hbond substituents is 1. The lowest BCUT2D eigenvalue weighted by molar-refractivity contribution is 0.0982. The van der Waals surface area contributed by atoms with Gasteiger partial charge in [0.05, 0.1) is 24.3 Å². The van der Waals surface area contributed by atoms with Crippen LogP contribution < -0.4 is 0 Å². The zero-order chi connectivity index (χ0) is 30.8. The number of carbonyl (C=O) groups excluding carboxylic acids is 1. The lowest BCUT2D eigenvalue weighted by Crippen LogP contribution is -2.26. The largest absolute Gasteiger partial charge is 0.507 e. The summed E-state index contributed by atoms with van der Waals surface area (Å²) in [6, 6.07) is 9.66. The molecule has 1 heterocycles. The van der Waals surface area contributed by atoms with Gasteiger partial charge in [-0.2, -0.15) is 0 Å². The topological polar surface area (TPSA) is 58.9 Å². The second-order valence-electron chi connectivity index (χ2n) is 13.4. The number of nitrogens with zero attached hydrogens (tertiary/aromatic N) is 1. The molecule has 0 spiro atoms. The quantitative estimate of drug-likeness (QED) is 0.242. The number of dihydropyridines is 1. The van der Waals surface area contributed by atoms with Crippen molar-refractivity contribution in [2.45, 2.75) is 83.1 Å². The van der Waals surface area contributed by atoms with Gasteiger partial charge in [0.15, 0.2) is 5.78 Å². The number of allylic oxidation sites excluding steroid dienone is 5. The maximum atomic E-state index is 13.3. The fourth-order valence-electron chi connectivity index (χ4n) is 5.62. The molecule has 0 amide bonds. The third kappa shape index (κ3) is 6.90. The number of Topliss-reactive ketones (excluding diaryl/α,β-unsaturated/α-hetero) is 1. The van der Waals surface area contributed by atoms with Gasteiger partial charge in [0.25, 0.3) is 0 Å². The first-order chi connectivity index (χ1) is 19.7. The minimum atomic E-state index is -0.485. The molecule has 0 saturated carbocycles. The van der Waals surface area contributed by atoms with Crippen molar-refractivity contribution in [3.8, 4) is 5.75 Å². The second kappa shape index (κ2) is 12.6. The number of fused-ring (bicyclic) bond motifs is 1. The van der Waals surface area contributed by atoms with Crippen LogP contribution >= 0.6 is 12.6 Å². The molecule has 42 heavy (non-hydrogen) atoms. The number of hydrogen-bond acceptors (Lipinski definition) is 5. The van der Waals surface area contributed by atoms with E-state index in [0.29, 0.717) is 24.5 Å². The molecule has 2 atom stereocenters. The highest BCUT2D eigenvalue weighted by atomic mass is 32.1. The fraction of sp³-hybridized carbons (Fsp3) is 0.405. The van der Waals surface area contributed by atoms with Gasteiger partial charge in [-0.1, -0.05) is 84.6 Å². The predicted molar refractivity (Wildman–Crippen MR) is 178 cm³/mol. The Balaban J connectivity index is 1.46. The van der Waals surface area contributed by atoms with Crippen LogP contribution in [0.4, 0.5) is 0 Å². The van der Waals surface area contributed by atoms with E-state index in [1.807, 2.05) is 49.4 Å². The van der Waals surface area contributed by atoms with Gasteiger partial charge >= 0.3 is 0 Å². The van der Waals surface area contributed by atoms with Crippen LogP contribution in [0.3, 0.4) is 0 Å². The Kier molecular flexibility index (Phi) is 9.54. The first kappa shape index (κ1) is 31.8. The SMILES string of the molecule is C=C1c2cc(S)ccc2C(=O)C1C1=NC(COCCCc2cc(C(C)(C)C)c(O)c(C(C)(C)C)c2)/C(=C\C=C/C)C=C1. The van der Waals surface area contributed by atoms with Gasteiger partial charge in [-0.05, 0) is 88.3 Å². The summed E-state index contributed by atoms with van der Waals surface area (Å²) in [6.07, 6.45) is 11.7. The molecule has 2 aliphatic rings. The van der Waals surface area contributed by atoms with Crippen LogP contribution in [-0.4, -0.2) is 35.9 Å². The number of aryl methyl sites for hydroxylation is 1. The number of aliphatic imine (C=N–C) groups is 1. The molecular formula is C37H45NO3S. The molecule has 1 N–H and O–H groups in total. The molecule has 2 aromatic carbocycles. The highest BCUT2D eigenvalue weighted by Gasteiger charge is 2.38. The van der Waals surface area contributed by atoms with Gasteiger partial charge in [0.2, 0.25) is 0 Å². The molecule has 5 heteroatoms. The summed E-state index contributed by atoms with van der Waals surface area (Å²) in [5.41, 5.74) is 6.95. The molecule has 1 aliphatic heterocycles. The number of aromatic hydroxyl groups is 1. The van der Waals surface area contributed by atoms with E-state index in [-0.39, 0.29) is 22.7 Å². The van der Waals surface area contributed by atoms with Crippen molar-refractivity contribution in [3.05, 3.63) is 101 Å². The average Bonchev–Trinajstić information content (AvgIpc) is 3.15. The molecule has 0 saturated heterocycles. The molecule has 0 aromatic heterocycles. The maximum absolute atomic E-state index is 13.3. The zero-order valence-corrected chi connectivity index (χ0v) is 27.0. The van der Waals surface area contributed by atoms with E-state index in [9.17, 15) is 9.90 Å². The summed E-state index contributed by atoms with van der Waals surface area (Å²) in [6.45, 7) is 20.1. The predicted octanol–water partition coefficient (Wildman–Crippen LogP) is 8.63. The Morgan fingerprint density at radius 3 is 2.31 bits per heavy atom. The Labute approximate surface area is 257 Å². The van der Waals surface area contributed by atoms with E-state index in [4.69, 9.17) is 9.73 Å². The number of thiol groups is 1. The van der Waals surface area contributed by atoms with Crippen LogP contribution in [0.15, 0.2) is 82.8 Å². The van der Waals surface area contributed by atoms with Crippen LogP contribution in [0.5, 0.6) is 5.75 Å². The maximum Gasteiger partial charge on any atom is 0.176 e. The van der Waals surface area contributed by atoms with Crippen LogP contribution in [0, 0.1) is 5.92 Å². The summed E-state index contributed by atoms with van der Waals surface area (Å²) in [5.74, 6) is -0.0434. The third-order valence-electron chi connectivity index (χ3n) is 7.95. The minimum absolute atomic E-state index is 0.0328. The molecule has 2 aromatic rings. The highest BCUT2D eigenvalue weighted by Crippen LogP contribution is 2.41. The number of phenols is 1. The van der Waals surface area contributed by atoms with E-state index in [1.54, 1.807) is 0 Å². The number of hydrogen-bond donors (Lipinski definition) is 2. The summed E-state index contributed by atoms with van der Waals surface area (Å²) < 4.78 is 6.19. The molecule has 4 nitrogen and oxygen atoms in total. The molecule has 2 unspecified atom stereocenters. The lowest BCUT2D eigenvalue weighted by Gasteiger charge is -2.28. The summed E-state index contributed by atoms with van der Waals surface area (Å²) >= 11 is 4.45. The second-order valence-corrected chi connectivity index (χ2v) is 13.9. The van der Waals surface area contributed by atoms with Gasteiger partial charge in [-0.15, -0.1) is 12.6 Å². The Morgan fingerprint density at radius 2 is 1.69 bits per heavy atom. The van der Waals surface area contributed by atoms with Gasteiger partial charge in [-0.25, -0.2) is 0 Å². The molecule has 4 rings (SSSR count). The third-order valence-corrected chi connectivity index (χ3v) is 8.23. The Bertz CT molecular complexity index is 1460. The summed E-state index contributed by atoms with van der Waals surface area (Å²) in [7, 11) is 0. The van der Waals surface area contributed by atoms with Crippen molar-refractivity contribution in [2.24, 2.45) is 10.9 Å². The number of ketones is 1. The number of benzene rings is 2. The fourth-order valence-corrected chi connectivity index (χ4v) is 5.82. The molecule has 0 bridgehead atoms. The van der Waals surface area contributed by atoms with Gasteiger partial charge in [0, 0.05) is 17.1 Å². The number of carbonyl (C=O) groups is 1. The zero-order valence-electron chi connectivity index (χ0n) is 26.1. The summed E-state index contributed by atoms with van der Waals surface area (Å²) in [4.78, 5) is 19.2. The van der Waals surface area contributed by atoms with Crippen molar-refractivity contribution < 1.29 is 14.6 Å². The van der Waals surface area contributed by atoms with Crippen molar-refractivity contribution in [2.75, 3.05) is 13.2 Å². The van der Waals surface area contributed by atoms with E-state index in [2.05, 4.69) is 79.0 Å². The van der Waals surface area contributed by atoms with Crippen molar-refractivity contribution >= 4 is 29.7 Å². The van der Waals surface area contributed by atoms with Crippen molar-refractivity contribution in [1.82, 2.24) is 0 Å². The molecule has 1 aliphatic carbocycles. The van der Waals surface area contributed by atoms with Crippen LogP contribution in [-0.2, 0) is 22.0 Å². The molecule has 0 radical (unpaired) electrons. The van der Waals surface area contributed by atoms with Gasteiger partial charge in [-0.3, -0.25) is 9.79 Å². The van der Waals surface area contributed by atoms with Crippen molar-refractivity contribution in [3.63, 3.8) is 0 Å². The van der Waals surface area contributed by atoms with Crippen LogP contribution in [0.2, 0.25) is 0 Å². The molecule has 222 valence electrons. The lowest BCUT2D eigenvalue weighted by atomic mass is 9.78.